The van der Waals surface area contributed by atoms with Crippen LogP contribution >= 0.6 is 27.7 Å². The van der Waals surface area contributed by atoms with Gasteiger partial charge in [-0.3, -0.25) is 9.69 Å². The van der Waals surface area contributed by atoms with Crippen LogP contribution in [0.3, 0.4) is 0 Å². The Labute approximate surface area is 151 Å². The highest BCUT2D eigenvalue weighted by molar-refractivity contribution is 9.10. The van der Waals surface area contributed by atoms with Crippen molar-refractivity contribution in [2.45, 2.75) is 19.9 Å². The van der Waals surface area contributed by atoms with E-state index in [-0.39, 0.29) is 29.6 Å². The second-order valence-electron chi connectivity index (χ2n) is 5.27. The molecule has 0 spiro atoms. The lowest BCUT2D eigenvalue weighted by Gasteiger charge is -2.33. The number of amidine groups is 1. The number of carbonyl (C=O) groups excluding carboxylic acids is 2. The van der Waals surface area contributed by atoms with Crippen molar-refractivity contribution in [1.82, 2.24) is 4.90 Å². The standard InChI is InChI=1S/C16H15BrN2O4S/c1-3-23-15(22)13-8(2)18-16-19(12(21)7-24-16)14(13)10-6-9(17)4-5-11(10)20/h4-6,14,20H,3,7H2,1-2H3. The summed E-state index contributed by atoms with van der Waals surface area (Å²) >= 11 is 4.69. The van der Waals surface area contributed by atoms with Crippen molar-refractivity contribution in [2.75, 3.05) is 12.4 Å². The average Bonchev–Trinajstić information content (AvgIpc) is 2.89. The molecule has 1 aromatic rings. The van der Waals surface area contributed by atoms with E-state index in [4.69, 9.17) is 4.74 Å². The molecule has 1 atom stereocenters. The van der Waals surface area contributed by atoms with Gasteiger partial charge in [0.15, 0.2) is 5.17 Å². The summed E-state index contributed by atoms with van der Waals surface area (Å²) in [6, 6.07) is 4.16. The van der Waals surface area contributed by atoms with Crippen LogP contribution in [0.5, 0.6) is 5.75 Å². The van der Waals surface area contributed by atoms with Crippen molar-refractivity contribution < 1.29 is 19.4 Å². The first-order valence-corrected chi connectivity index (χ1v) is 9.11. The molecule has 1 fully saturated rings. The molecule has 0 aromatic heterocycles. The van der Waals surface area contributed by atoms with E-state index >= 15 is 0 Å². The number of rotatable bonds is 3. The van der Waals surface area contributed by atoms with Crippen LogP contribution < -0.4 is 0 Å². The molecule has 1 aromatic carbocycles. The number of aromatic hydroxyl groups is 1. The third kappa shape index (κ3) is 2.84. The number of thioether (sulfide) groups is 1. The Kier molecular flexibility index (Phi) is 4.69. The molecule has 24 heavy (non-hydrogen) atoms. The third-order valence-electron chi connectivity index (χ3n) is 3.76. The Bertz CT molecular complexity index is 790. The first-order valence-electron chi connectivity index (χ1n) is 7.34. The number of halogens is 1. The molecule has 0 radical (unpaired) electrons. The fraction of sp³-hybridized carbons (Fsp3) is 0.312. The number of benzene rings is 1. The molecule has 3 rings (SSSR count). The summed E-state index contributed by atoms with van der Waals surface area (Å²) < 4.78 is 5.89. The highest BCUT2D eigenvalue weighted by atomic mass is 79.9. The van der Waals surface area contributed by atoms with Crippen LogP contribution in [0.2, 0.25) is 0 Å². The number of phenolic OH excluding ortho intramolecular Hbond substituents is 1. The molecule has 1 unspecified atom stereocenters. The predicted molar refractivity (Wildman–Crippen MR) is 94.6 cm³/mol. The number of aliphatic imine (C=N–C) groups is 1. The molecular weight excluding hydrogens is 396 g/mol. The molecule has 0 aliphatic carbocycles. The van der Waals surface area contributed by atoms with Crippen LogP contribution in [0.1, 0.15) is 25.5 Å². The number of ether oxygens (including phenoxy) is 1. The number of hydrogen-bond donors (Lipinski definition) is 1. The fourth-order valence-electron chi connectivity index (χ4n) is 2.75. The molecule has 1 N–H and O–H groups in total. The van der Waals surface area contributed by atoms with Gasteiger partial charge in [-0.2, -0.15) is 0 Å². The van der Waals surface area contributed by atoms with Gasteiger partial charge in [0, 0.05) is 10.0 Å². The highest BCUT2D eigenvalue weighted by Crippen LogP contribution is 2.44. The van der Waals surface area contributed by atoms with E-state index in [9.17, 15) is 14.7 Å². The lowest BCUT2D eigenvalue weighted by atomic mass is 9.94. The molecule has 0 saturated carbocycles. The molecule has 2 aliphatic rings. The zero-order valence-electron chi connectivity index (χ0n) is 13.1. The van der Waals surface area contributed by atoms with E-state index < -0.39 is 12.0 Å². The first kappa shape index (κ1) is 17.0. The van der Waals surface area contributed by atoms with Gasteiger partial charge in [0.25, 0.3) is 0 Å². The van der Waals surface area contributed by atoms with Gasteiger partial charge in [-0.05, 0) is 32.0 Å². The van der Waals surface area contributed by atoms with E-state index in [2.05, 4.69) is 20.9 Å². The van der Waals surface area contributed by atoms with Gasteiger partial charge in [0.05, 0.1) is 23.6 Å². The maximum absolute atomic E-state index is 12.5. The van der Waals surface area contributed by atoms with Crippen LogP contribution in [-0.4, -0.2) is 39.4 Å². The number of amides is 1. The summed E-state index contributed by atoms with van der Waals surface area (Å²) in [7, 11) is 0. The Morgan fingerprint density at radius 2 is 2.29 bits per heavy atom. The van der Waals surface area contributed by atoms with Crippen LogP contribution in [0, 0.1) is 0 Å². The maximum Gasteiger partial charge on any atom is 0.338 e. The average molecular weight is 411 g/mol. The minimum absolute atomic E-state index is 0.00347. The number of nitrogens with zero attached hydrogens (tertiary/aromatic N) is 2. The highest BCUT2D eigenvalue weighted by Gasteiger charge is 2.44. The normalized spacial score (nSPS) is 20.1. The summed E-state index contributed by atoms with van der Waals surface area (Å²) in [6.45, 7) is 3.64. The van der Waals surface area contributed by atoms with Gasteiger partial charge in [-0.25, -0.2) is 9.79 Å². The summed E-state index contributed by atoms with van der Waals surface area (Å²) in [5, 5.41) is 10.9. The van der Waals surface area contributed by atoms with Crippen LogP contribution in [0.15, 0.2) is 38.9 Å². The number of hydrogen-bond acceptors (Lipinski definition) is 6. The summed E-state index contributed by atoms with van der Waals surface area (Å²) in [4.78, 5) is 30.7. The van der Waals surface area contributed by atoms with Gasteiger partial charge in [0.1, 0.15) is 11.8 Å². The summed E-state index contributed by atoms with van der Waals surface area (Å²) in [5.41, 5.74) is 1.21. The molecule has 2 aliphatic heterocycles. The molecule has 126 valence electrons. The molecule has 1 amide bonds. The van der Waals surface area contributed by atoms with Crippen molar-refractivity contribution in [3.05, 3.63) is 39.5 Å². The Morgan fingerprint density at radius 1 is 1.54 bits per heavy atom. The maximum atomic E-state index is 12.5. The first-order chi connectivity index (χ1) is 11.4. The van der Waals surface area contributed by atoms with Crippen molar-refractivity contribution in [3.8, 4) is 5.75 Å². The zero-order chi connectivity index (χ0) is 17.4. The molecular formula is C16H15BrN2O4S. The zero-order valence-corrected chi connectivity index (χ0v) is 15.5. The van der Waals surface area contributed by atoms with Crippen LogP contribution in [0.4, 0.5) is 0 Å². The van der Waals surface area contributed by atoms with Gasteiger partial charge in [-0.15, -0.1) is 0 Å². The Balaban J connectivity index is 2.20. The van der Waals surface area contributed by atoms with Crippen LogP contribution in [-0.2, 0) is 14.3 Å². The monoisotopic (exact) mass is 410 g/mol. The van der Waals surface area contributed by atoms with E-state index in [1.807, 2.05) is 0 Å². The van der Waals surface area contributed by atoms with E-state index in [1.54, 1.807) is 26.0 Å². The van der Waals surface area contributed by atoms with E-state index in [0.717, 1.165) is 4.47 Å². The van der Waals surface area contributed by atoms with Crippen molar-refractivity contribution in [2.24, 2.45) is 4.99 Å². The molecule has 6 nitrogen and oxygen atoms in total. The summed E-state index contributed by atoms with van der Waals surface area (Å²) in [6.07, 6.45) is 0. The Morgan fingerprint density at radius 3 is 3.00 bits per heavy atom. The minimum Gasteiger partial charge on any atom is -0.508 e. The summed E-state index contributed by atoms with van der Waals surface area (Å²) in [5.74, 6) is -0.430. The van der Waals surface area contributed by atoms with Crippen molar-refractivity contribution in [1.29, 1.82) is 0 Å². The molecule has 1 saturated heterocycles. The predicted octanol–water partition coefficient (Wildman–Crippen LogP) is 2.98. The number of esters is 1. The quantitative estimate of drug-likeness (QED) is 0.774. The number of fused-ring (bicyclic) bond motifs is 1. The molecule has 0 bridgehead atoms. The van der Waals surface area contributed by atoms with Gasteiger partial charge >= 0.3 is 5.97 Å². The van der Waals surface area contributed by atoms with Crippen LogP contribution in [0.25, 0.3) is 0 Å². The number of phenols is 1. The smallest absolute Gasteiger partial charge is 0.338 e. The lowest BCUT2D eigenvalue weighted by molar-refractivity contribution is -0.139. The third-order valence-corrected chi connectivity index (χ3v) is 5.19. The second-order valence-corrected chi connectivity index (χ2v) is 7.13. The Hall–Kier alpha value is -1.80. The minimum atomic E-state index is -0.753. The number of allylic oxidation sites excluding steroid dienone is 1. The second kappa shape index (κ2) is 6.60. The van der Waals surface area contributed by atoms with E-state index in [0.29, 0.717) is 16.4 Å². The molecule has 8 heteroatoms. The lowest BCUT2D eigenvalue weighted by Crippen LogP contribution is -2.39. The number of carbonyl (C=O) groups is 2. The SMILES string of the molecule is CCOC(=O)C1=C(C)N=C2SCC(=O)N2C1c1cc(Br)ccc1O. The van der Waals surface area contributed by atoms with E-state index in [1.165, 1.54) is 22.7 Å². The topological polar surface area (TPSA) is 79.2 Å². The fourth-order valence-corrected chi connectivity index (χ4v) is 4.07. The van der Waals surface area contributed by atoms with Gasteiger partial charge in [0.2, 0.25) is 5.91 Å². The molecule has 2 heterocycles. The van der Waals surface area contributed by atoms with Gasteiger partial charge < -0.3 is 9.84 Å². The van der Waals surface area contributed by atoms with Crippen molar-refractivity contribution in [3.63, 3.8) is 0 Å². The largest absolute Gasteiger partial charge is 0.508 e. The van der Waals surface area contributed by atoms with Crippen molar-refractivity contribution >= 4 is 44.7 Å². The van der Waals surface area contributed by atoms with Gasteiger partial charge in [-0.1, -0.05) is 27.7 Å².